The quantitative estimate of drug-likeness (QED) is 0.839. The van der Waals surface area contributed by atoms with Gasteiger partial charge in [0.05, 0.1) is 11.1 Å². The fourth-order valence-electron chi connectivity index (χ4n) is 1.95. The summed E-state index contributed by atoms with van der Waals surface area (Å²) in [5.41, 5.74) is 0.402. The van der Waals surface area contributed by atoms with E-state index in [1.807, 2.05) is 0 Å². The number of piperidine rings is 1. The number of hydrogen-bond donors (Lipinski definition) is 1. The molecule has 90 valence electrons. The number of carbonyl (C=O) groups is 2. The van der Waals surface area contributed by atoms with E-state index in [9.17, 15) is 9.59 Å². The summed E-state index contributed by atoms with van der Waals surface area (Å²) in [6, 6.07) is 1.38. The lowest BCUT2D eigenvalue weighted by Gasteiger charge is -2.26. The number of carbonyl (C=O) groups excluding carboxylic acids is 1. The van der Waals surface area contributed by atoms with Gasteiger partial charge in [0, 0.05) is 25.5 Å². The van der Waals surface area contributed by atoms with Crippen molar-refractivity contribution in [1.29, 1.82) is 0 Å². The molecule has 5 heteroatoms. The molecule has 0 spiro atoms. The van der Waals surface area contributed by atoms with Gasteiger partial charge in [-0.25, -0.2) is 4.79 Å². The molecule has 1 aliphatic rings. The Morgan fingerprint density at radius 2 is 1.76 bits per heavy atom. The first kappa shape index (κ1) is 11.6. The number of rotatable bonds is 2. The molecule has 0 saturated carbocycles. The number of likely N-dealkylation sites (tertiary alicyclic amines) is 1. The molecule has 0 bridgehead atoms. The van der Waals surface area contributed by atoms with Crippen molar-refractivity contribution in [1.82, 2.24) is 9.88 Å². The maximum absolute atomic E-state index is 12.1. The van der Waals surface area contributed by atoms with E-state index in [2.05, 4.69) is 4.98 Å². The molecule has 1 aliphatic heterocycles. The molecule has 1 fully saturated rings. The fraction of sp³-hybridized carbons (Fsp3) is 0.417. The van der Waals surface area contributed by atoms with E-state index in [-0.39, 0.29) is 11.5 Å². The molecule has 1 aromatic rings. The van der Waals surface area contributed by atoms with Crippen LogP contribution in [0.25, 0.3) is 0 Å². The Balaban J connectivity index is 2.18. The second-order valence-electron chi connectivity index (χ2n) is 4.12. The molecular weight excluding hydrogens is 220 g/mol. The van der Waals surface area contributed by atoms with E-state index in [4.69, 9.17) is 5.11 Å². The van der Waals surface area contributed by atoms with E-state index >= 15 is 0 Å². The number of nitrogens with zero attached hydrogens (tertiary/aromatic N) is 2. The number of aromatic nitrogens is 1. The van der Waals surface area contributed by atoms with Crippen LogP contribution in [0.1, 0.15) is 40.0 Å². The molecule has 1 amide bonds. The smallest absolute Gasteiger partial charge is 0.337 e. The van der Waals surface area contributed by atoms with Crippen molar-refractivity contribution in [3.8, 4) is 0 Å². The van der Waals surface area contributed by atoms with Crippen molar-refractivity contribution >= 4 is 11.9 Å². The summed E-state index contributed by atoms with van der Waals surface area (Å²) in [6.07, 6.45) is 5.84. The van der Waals surface area contributed by atoms with E-state index < -0.39 is 5.97 Å². The first-order valence-corrected chi connectivity index (χ1v) is 5.66. The minimum atomic E-state index is -1.06. The zero-order valence-electron chi connectivity index (χ0n) is 9.43. The van der Waals surface area contributed by atoms with Crippen molar-refractivity contribution < 1.29 is 14.7 Å². The largest absolute Gasteiger partial charge is 0.478 e. The van der Waals surface area contributed by atoms with Crippen LogP contribution < -0.4 is 0 Å². The maximum Gasteiger partial charge on any atom is 0.337 e. The second-order valence-corrected chi connectivity index (χ2v) is 4.12. The zero-order valence-corrected chi connectivity index (χ0v) is 9.43. The molecule has 1 N–H and O–H groups in total. The SMILES string of the molecule is O=C(O)c1cncc(C(=O)N2CCCCC2)c1. The number of carboxylic acids is 1. The van der Waals surface area contributed by atoms with Crippen molar-refractivity contribution in [2.45, 2.75) is 19.3 Å². The van der Waals surface area contributed by atoms with Crippen LogP contribution in [0.4, 0.5) is 0 Å². The van der Waals surface area contributed by atoms with Gasteiger partial charge in [-0.15, -0.1) is 0 Å². The predicted octanol–water partition coefficient (Wildman–Crippen LogP) is 1.41. The molecule has 1 aromatic heterocycles. The summed E-state index contributed by atoms with van der Waals surface area (Å²) in [4.78, 5) is 28.4. The third kappa shape index (κ3) is 2.61. The third-order valence-corrected chi connectivity index (χ3v) is 2.88. The lowest BCUT2D eigenvalue weighted by atomic mass is 10.1. The van der Waals surface area contributed by atoms with Gasteiger partial charge in [0.25, 0.3) is 5.91 Å². The molecule has 0 aromatic carbocycles. The van der Waals surface area contributed by atoms with Gasteiger partial charge in [0.1, 0.15) is 0 Å². The van der Waals surface area contributed by atoms with Gasteiger partial charge in [-0.1, -0.05) is 0 Å². The number of carboxylic acid groups (broad SMARTS) is 1. The van der Waals surface area contributed by atoms with Crippen LogP contribution in [-0.4, -0.2) is 40.0 Å². The second kappa shape index (κ2) is 4.95. The highest BCUT2D eigenvalue weighted by molar-refractivity contribution is 5.97. The summed E-state index contributed by atoms with van der Waals surface area (Å²) < 4.78 is 0. The molecular formula is C12H14N2O3. The Labute approximate surface area is 99.1 Å². The minimum absolute atomic E-state index is 0.0489. The molecule has 17 heavy (non-hydrogen) atoms. The Morgan fingerprint density at radius 1 is 1.12 bits per heavy atom. The number of hydrogen-bond acceptors (Lipinski definition) is 3. The van der Waals surface area contributed by atoms with Crippen LogP contribution in [0, 0.1) is 0 Å². The van der Waals surface area contributed by atoms with Crippen LogP contribution in [0.5, 0.6) is 0 Å². The monoisotopic (exact) mass is 234 g/mol. The van der Waals surface area contributed by atoms with Crippen LogP contribution in [0.15, 0.2) is 18.5 Å². The highest BCUT2D eigenvalue weighted by atomic mass is 16.4. The predicted molar refractivity (Wildman–Crippen MR) is 61.0 cm³/mol. The van der Waals surface area contributed by atoms with Gasteiger partial charge in [0.2, 0.25) is 0 Å². The number of amides is 1. The lowest BCUT2D eigenvalue weighted by Crippen LogP contribution is -2.35. The average Bonchev–Trinajstić information content (AvgIpc) is 2.39. The van der Waals surface area contributed by atoms with E-state index in [1.165, 1.54) is 18.5 Å². The summed E-state index contributed by atoms with van der Waals surface area (Å²) >= 11 is 0. The topological polar surface area (TPSA) is 70.5 Å². The third-order valence-electron chi connectivity index (χ3n) is 2.88. The minimum Gasteiger partial charge on any atom is -0.478 e. The van der Waals surface area contributed by atoms with Gasteiger partial charge >= 0.3 is 5.97 Å². The molecule has 0 radical (unpaired) electrons. The molecule has 0 unspecified atom stereocenters. The van der Waals surface area contributed by atoms with Crippen molar-refractivity contribution in [2.24, 2.45) is 0 Å². The van der Waals surface area contributed by atoms with Crippen molar-refractivity contribution in [3.63, 3.8) is 0 Å². The lowest BCUT2D eigenvalue weighted by molar-refractivity contribution is 0.0696. The van der Waals surface area contributed by atoms with Crippen molar-refractivity contribution in [2.75, 3.05) is 13.1 Å². The van der Waals surface area contributed by atoms with E-state index in [0.29, 0.717) is 5.56 Å². The number of aromatic carboxylic acids is 1. The van der Waals surface area contributed by atoms with Crippen LogP contribution in [-0.2, 0) is 0 Å². The molecule has 5 nitrogen and oxygen atoms in total. The Kier molecular flexibility index (Phi) is 3.37. The summed E-state index contributed by atoms with van der Waals surface area (Å²) in [5.74, 6) is -1.19. The standard InChI is InChI=1S/C12H14N2O3/c15-11(14-4-2-1-3-5-14)9-6-10(12(16)17)8-13-7-9/h6-8H,1-5H2,(H,16,17). The Morgan fingerprint density at radius 3 is 2.41 bits per heavy atom. The molecule has 0 aliphatic carbocycles. The van der Waals surface area contributed by atoms with E-state index in [1.54, 1.807) is 4.90 Å². The molecule has 1 saturated heterocycles. The van der Waals surface area contributed by atoms with Crippen LogP contribution in [0.3, 0.4) is 0 Å². The maximum atomic E-state index is 12.1. The van der Waals surface area contributed by atoms with E-state index in [0.717, 1.165) is 32.4 Å². The van der Waals surface area contributed by atoms with Gasteiger partial charge < -0.3 is 10.0 Å². The summed E-state index contributed by atoms with van der Waals surface area (Å²) in [5, 5.41) is 8.84. The Hall–Kier alpha value is -1.91. The first-order chi connectivity index (χ1) is 8.18. The fourth-order valence-corrected chi connectivity index (χ4v) is 1.95. The average molecular weight is 234 g/mol. The highest BCUT2D eigenvalue weighted by Gasteiger charge is 2.19. The normalized spacial score (nSPS) is 15.6. The number of pyridine rings is 1. The van der Waals surface area contributed by atoms with Gasteiger partial charge in [-0.2, -0.15) is 0 Å². The molecule has 0 atom stereocenters. The van der Waals surface area contributed by atoms with Gasteiger partial charge in [0.15, 0.2) is 0 Å². The van der Waals surface area contributed by atoms with Gasteiger partial charge in [-0.05, 0) is 25.3 Å². The summed E-state index contributed by atoms with van der Waals surface area (Å²) in [7, 11) is 0. The first-order valence-electron chi connectivity index (χ1n) is 5.66. The zero-order chi connectivity index (χ0) is 12.3. The Bertz CT molecular complexity index is 439. The molecule has 2 heterocycles. The molecule has 2 rings (SSSR count). The highest BCUT2D eigenvalue weighted by Crippen LogP contribution is 2.13. The summed E-state index contributed by atoms with van der Waals surface area (Å²) in [6.45, 7) is 1.49. The van der Waals surface area contributed by atoms with Gasteiger partial charge in [-0.3, -0.25) is 9.78 Å². The van der Waals surface area contributed by atoms with Crippen LogP contribution >= 0.6 is 0 Å². The van der Waals surface area contributed by atoms with Crippen LogP contribution in [0.2, 0.25) is 0 Å². The van der Waals surface area contributed by atoms with Crippen molar-refractivity contribution in [3.05, 3.63) is 29.6 Å².